The fraction of sp³-hybridized carbons (Fsp3) is 0.409. The Hall–Kier alpha value is -2.48. The molecule has 0 saturated carbocycles. The van der Waals surface area contributed by atoms with Crippen LogP contribution in [0.1, 0.15) is 28.8 Å². The van der Waals surface area contributed by atoms with E-state index >= 15 is 0 Å². The van der Waals surface area contributed by atoms with Crippen LogP contribution >= 0.6 is 0 Å². The highest BCUT2D eigenvalue weighted by molar-refractivity contribution is 6.25. The molecular weight excluding hydrogens is 461 g/mol. The molecule has 0 spiro atoms. The van der Waals surface area contributed by atoms with Gasteiger partial charge in [-0.1, -0.05) is 19.1 Å². The second kappa shape index (κ2) is 8.95. The Balaban J connectivity index is 0.00000204. The van der Waals surface area contributed by atoms with Crippen molar-refractivity contribution in [1.29, 1.82) is 0 Å². The molecule has 0 unspecified atom stereocenters. The van der Waals surface area contributed by atoms with Crippen LogP contribution in [-0.4, -0.2) is 108 Å². The highest BCUT2D eigenvalue weighted by atomic mass is 24.3. The van der Waals surface area contributed by atoms with E-state index < -0.39 is 75.6 Å². The number of nitrogens with zero attached hydrogens (tertiary/aromatic N) is 1. The third-order valence-corrected chi connectivity index (χ3v) is 7.00. The summed E-state index contributed by atoms with van der Waals surface area (Å²) in [5, 5.41) is 55.0. The number of aromatic hydroxyl groups is 1. The number of Topliss-reactive ketones (excluding diaryl/α,β-unsaturated/α-hetero) is 2. The van der Waals surface area contributed by atoms with E-state index in [2.05, 4.69) is 0 Å². The van der Waals surface area contributed by atoms with Crippen LogP contribution in [0, 0.1) is 11.8 Å². The molecule has 1 aromatic carbocycles. The minimum atomic E-state index is -2.89. The van der Waals surface area contributed by atoms with Crippen LogP contribution in [0.25, 0.3) is 0 Å². The average Bonchev–Trinajstić information content (AvgIpc) is 2.70. The van der Waals surface area contributed by atoms with Crippen molar-refractivity contribution in [2.75, 3.05) is 14.1 Å². The number of hydrogen-bond acceptors (Lipinski definition) is 9. The Morgan fingerprint density at radius 1 is 1.15 bits per heavy atom. The third-order valence-electron chi connectivity index (χ3n) is 7.00. The van der Waals surface area contributed by atoms with Crippen LogP contribution in [0.2, 0.25) is 0 Å². The Kier molecular flexibility index (Phi) is 7.30. The quantitative estimate of drug-likeness (QED) is 0.198. The predicted molar refractivity (Wildman–Crippen MR) is 122 cm³/mol. The highest BCUT2D eigenvalue weighted by Gasteiger charge is 2.67. The number of primary amides is 1. The van der Waals surface area contributed by atoms with E-state index in [4.69, 9.17) is 5.73 Å². The first-order chi connectivity index (χ1) is 14.9. The fourth-order valence-corrected chi connectivity index (χ4v) is 5.58. The number of rotatable bonds is 2. The third kappa shape index (κ3) is 3.28. The first-order valence-electron chi connectivity index (χ1n) is 10.0. The van der Waals surface area contributed by atoms with Crippen LogP contribution in [0.5, 0.6) is 5.75 Å². The van der Waals surface area contributed by atoms with Crippen LogP contribution in [0.15, 0.2) is 40.9 Å². The number of benzene rings is 1. The molecule has 0 fully saturated rings. The normalized spacial score (nSPS) is 32.4. The minimum absolute atomic E-state index is 0. The molecule has 0 heterocycles. The molecule has 0 saturated heterocycles. The lowest BCUT2D eigenvalue weighted by molar-refractivity contribution is -0.162. The van der Waals surface area contributed by atoms with Gasteiger partial charge in [0.2, 0.25) is 5.78 Å². The molecule has 12 heteroatoms. The number of hydrogen-bond donors (Lipinski definition) is 6. The van der Waals surface area contributed by atoms with Gasteiger partial charge in [0.15, 0.2) is 11.4 Å². The van der Waals surface area contributed by atoms with E-state index in [0.29, 0.717) is 5.56 Å². The summed E-state index contributed by atoms with van der Waals surface area (Å²) in [5.74, 6) is -8.86. The highest BCUT2D eigenvalue weighted by Crippen LogP contribution is 2.55. The summed E-state index contributed by atoms with van der Waals surface area (Å²) in [6.07, 6.45) is -1.59. The van der Waals surface area contributed by atoms with E-state index in [1.54, 1.807) is 19.1 Å². The van der Waals surface area contributed by atoms with Gasteiger partial charge in [-0.2, -0.15) is 0 Å². The summed E-state index contributed by atoms with van der Waals surface area (Å²) in [4.78, 5) is 39.8. The topological polar surface area (TPSA) is 213 Å². The van der Waals surface area contributed by atoms with Crippen molar-refractivity contribution >= 4 is 40.5 Å². The molecule has 0 radical (unpaired) electrons. The van der Waals surface area contributed by atoms with Crippen LogP contribution in [0.4, 0.5) is 0 Å². The summed E-state index contributed by atoms with van der Waals surface area (Å²) < 4.78 is 0. The standard InChI is InChI=1S/C22H24N2O8.Mg.H2O.2H/c1-7-8-5-4-6-9(25)11(8)16(26)12-10(7)17(27)14-15(24(2)3)18(28)13(21(23)31)20(30)22(14,32)19(12)29;;;;/h4-7,10,14-15,17,25,27-29,32H,1-3H3,(H2,23,31);;1H2;;/t7-,10+,14+,15-,17-,22-;;;;/m0..../s1. The maximum atomic E-state index is 13.3. The number of aliphatic hydroxyl groups is 4. The molecule has 9 N–H and O–H groups in total. The fourth-order valence-electron chi connectivity index (χ4n) is 5.58. The lowest BCUT2D eigenvalue weighted by Crippen LogP contribution is -2.68. The van der Waals surface area contributed by atoms with Crippen molar-refractivity contribution in [3.8, 4) is 5.75 Å². The molecule has 0 aromatic heterocycles. The Labute approximate surface area is 210 Å². The van der Waals surface area contributed by atoms with Crippen LogP contribution in [-0.2, 0) is 9.59 Å². The van der Waals surface area contributed by atoms with Gasteiger partial charge in [0.25, 0.3) is 5.91 Å². The molecule has 3 aliphatic rings. The second-order valence-electron chi connectivity index (χ2n) is 8.79. The second-order valence-corrected chi connectivity index (χ2v) is 8.79. The number of fused-ring (bicyclic) bond motifs is 3. The number of ketones is 2. The van der Waals surface area contributed by atoms with Crippen LogP contribution in [0.3, 0.4) is 0 Å². The Bertz CT molecular complexity index is 1150. The van der Waals surface area contributed by atoms with E-state index in [9.17, 15) is 39.9 Å². The zero-order valence-corrected chi connectivity index (χ0v) is 18.1. The molecule has 0 bridgehead atoms. The van der Waals surface area contributed by atoms with Crippen molar-refractivity contribution in [2.45, 2.75) is 30.6 Å². The molecule has 34 heavy (non-hydrogen) atoms. The maximum absolute atomic E-state index is 13.3. The number of carbonyl (C=O) groups excluding carboxylic acids is 3. The van der Waals surface area contributed by atoms with Gasteiger partial charge in [-0.25, -0.2) is 0 Å². The number of carbonyl (C=O) groups is 3. The van der Waals surface area contributed by atoms with Crippen LogP contribution < -0.4 is 5.73 Å². The molecule has 6 atom stereocenters. The number of likely N-dealkylation sites (N-methyl/N-ethyl adjacent to an activating group) is 1. The largest absolute Gasteiger partial charge is 0.510 e. The summed E-state index contributed by atoms with van der Waals surface area (Å²) in [5.41, 5.74) is 1.36. The number of nitrogens with two attached hydrogens (primary N) is 1. The van der Waals surface area contributed by atoms with Gasteiger partial charge in [0.1, 0.15) is 22.8 Å². The minimum Gasteiger partial charge on any atom is -0.510 e. The lowest BCUT2D eigenvalue weighted by Gasteiger charge is -2.53. The number of phenolic OH excluding ortho intramolecular Hbond substituents is 1. The Morgan fingerprint density at radius 3 is 2.26 bits per heavy atom. The predicted octanol–water partition coefficient (Wildman–Crippen LogP) is -2.09. The molecule has 1 aromatic rings. The van der Waals surface area contributed by atoms with Gasteiger partial charge in [-0.3, -0.25) is 19.3 Å². The number of aliphatic hydroxyl groups excluding tert-OH is 3. The zero-order valence-electron chi connectivity index (χ0n) is 18.1. The summed E-state index contributed by atoms with van der Waals surface area (Å²) in [6, 6.07) is 3.17. The molecule has 0 aliphatic heterocycles. The van der Waals surface area contributed by atoms with Crippen molar-refractivity contribution in [3.05, 3.63) is 52.0 Å². The summed E-state index contributed by atoms with van der Waals surface area (Å²) >= 11 is 0. The monoisotopic (exact) mass is 488 g/mol. The van der Waals surface area contributed by atoms with E-state index in [1.165, 1.54) is 25.1 Å². The zero-order chi connectivity index (χ0) is 23.9. The van der Waals surface area contributed by atoms with Gasteiger partial charge in [-0.15, -0.1) is 0 Å². The maximum Gasteiger partial charge on any atom is 0.316 e. The first-order valence-corrected chi connectivity index (χ1v) is 10.0. The van der Waals surface area contributed by atoms with Gasteiger partial charge >= 0.3 is 23.1 Å². The smallest absolute Gasteiger partial charge is 0.316 e. The van der Waals surface area contributed by atoms with Crippen molar-refractivity contribution in [3.63, 3.8) is 0 Å². The average molecular weight is 489 g/mol. The first kappa shape index (κ1) is 27.8. The Morgan fingerprint density at radius 2 is 1.74 bits per heavy atom. The number of phenols is 1. The SMILES string of the molecule is C[C@H]1c2cccc(O)c2C(=O)C2=C(O)[C@]3(O)C(=O)C(C(N)=O)=C(O)[C@@H](N(C)C)[C@@H]3[C@@H](O)[C@@H]21.O.[MgH2]. The molecule has 182 valence electrons. The summed E-state index contributed by atoms with van der Waals surface area (Å²) in [6.45, 7) is 1.68. The van der Waals surface area contributed by atoms with Gasteiger partial charge in [0, 0.05) is 11.5 Å². The lowest BCUT2D eigenvalue weighted by atomic mass is 9.55. The van der Waals surface area contributed by atoms with Crippen molar-refractivity contribution in [2.24, 2.45) is 17.6 Å². The van der Waals surface area contributed by atoms with E-state index in [1.807, 2.05) is 0 Å². The molecule has 1 amide bonds. The van der Waals surface area contributed by atoms with Crippen molar-refractivity contribution in [1.82, 2.24) is 4.90 Å². The van der Waals surface area contributed by atoms with Gasteiger partial charge in [-0.05, 0) is 31.6 Å². The van der Waals surface area contributed by atoms with Crippen molar-refractivity contribution < 1.29 is 45.4 Å². The van der Waals surface area contributed by atoms with E-state index in [-0.39, 0.29) is 39.8 Å². The van der Waals surface area contributed by atoms with Gasteiger partial charge < -0.3 is 36.7 Å². The molecule has 3 aliphatic carbocycles. The number of amides is 1. The summed E-state index contributed by atoms with van der Waals surface area (Å²) in [7, 11) is 2.98. The van der Waals surface area contributed by atoms with E-state index in [0.717, 1.165) is 0 Å². The molecule has 4 rings (SSSR count). The van der Waals surface area contributed by atoms with Gasteiger partial charge in [0.05, 0.1) is 23.6 Å². The molecule has 11 nitrogen and oxygen atoms in total. The molecular formula is C22H28MgN2O9.